The molecule has 7 atom stereocenters. The van der Waals surface area contributed by atoms with Crippen molar-refractivity contribution in [1.82, 2.24) is 36.9 Å². The Labute approximate surface area is 355 Å². The third-order valence-corrected chi connectivity index (χ3v) is 11.1. The van der Waals surface area contributed by atoms with E-state index in [1.165, 1.54) is 17.4 Å². The Morgan fingerprint density at radius 1 is 0.733 bits per heavy atom. The van der Waals surface area contributed by atoms with Crippen LogP contribution < -0.4 is 31.9 Å². The van der Waals surface area contributed by atoms with Crippen LogP contribution in [0.25, 0.3) is 6.08 Å². The molecule has 0 bridgehead atoms. The zero-order chi connectivity index (χ0) is 44.9. The molecule has 334 valence electrons. The number of hydrogen-bond acceptors (Lipinski definition) is 11. The van der Waals surface area contributed by atoms with E-state index in [-0.39, 0.29) is 24.0 Å². The Bertz CT molecular complexity index is 1650. The molecule has 2 rings (SSSR count). The van der Waals surface area contributed by atoms with Gasteiger partial charge in [0.15, 0.2) is 5.78 Å². The first-order valence-corrected chi connectivity index (χ1v) is 21.6. The second-order valence-electron chi connectivity index (χ2n) is 15.8. The minimum Gasteiger partial charge on any atom is -0.481 e. The summed E-state index contributed by atoms with van der Waals surface area (Å²) in [6.07, 6.45) is 8.64. The molecular formula is C41H63N7O11S. The highest BCUT2D eigenvalue weighted by molar-refractivity contribution is 7.10. The molecule has 18 nitrogen and oxygen atoms in total. The lowest BCUT2D eigenvalue weighted by Crippen LogP contribution is -2.61. The SMILES string of the molecule is CC[C@H](NC(=O)[C@H](CC1CCCCC1)NC(=O)[C@@H](NC(=O)[C@H](CC(C)C)NC(=O)[C@@H](CCC(=O)O)NC(=O)[C@H](CC(=O)O)NC(C)=O)[C@H](C)CC)C(=O)/C=C/c1nccs1. The number of carbonyl (C=O) groups excluding carboxylic acids is 7. The van der Waals surface area contributed by atoms with Crippen LogP contribution >= 0.6 is 11.3 Å². The van der Waals surface area contributed by atoms with Gasteiger partial charge in [-0.05, 0) is 55.6 Å². The average molecular weight is 862 g/mol. The number of carboxylic acids is 2. The largest absolute Gasteiger partial charge is 0.481 e. The van der Waals surface area contributed by atoms with Gasteiger partial charge in [0.2, 0.25) is 35.4 Å². The molecule has 0 unspecified atom stereocenters. The van der Waals surface area contributed by atoms with Gasteiger partial charge in [-0.25, -0.2) is 4.98 Å². The average Bonchev–Trinajstić information content (AvgIpc) is 3.72. The number of carboxylic acid groups (broad SMARTS) is 2. The molecule has 1 aliphatic rings. The standard InChI is InChI=1S/C41H63N7O11S/c1-7-24(5)36(41(59)47-30(21-26-12-10-9-11-13-26)38(56)44-27(8-2)32(50)15-16-33-42-18-19-60-33)48-40(58)29(20-23(3)4)46-37(55)28(14-17-34(51)52)45-39(57)31(22-35(53)54)43-25(6)49/h15-16,18-19,23-24,26-31,36H,7-14,17,20-22H2,1-6H3,(H,43,49)(H,44,56)(H,45,57)(H,46,55)(H,47,59)(H,48,58)(H,51,52)(H,53,54)/b16-15+/t24-,27+,28-,29+,30+,31+,36+/m1/s1. The Morgan fingerprint density at radius 2 is 1.32 bits per heavy atom. The summed E-state index contributed by atoms with van der Waals surface area (Å²) in [6.45, 7) is 9.98. The van der Waals surface area contributed by atoms with Crippen LogP contribution in [0.5, 0.6) is 0 Å². The minimum absolute atomic E-state index is 0.0652. The van der Waals surface area contributed by atoms with Crippen molar-refractivity contribution in [3.63, 3.8) is 0 Å². The summed E-state index contributed by atoms with van der Waals surface area (Å²) >= 11 is 1.36. The third-order valence-electron chi connectivity index (χ3n) is 10.3. The number of aromatic nitrogens is 1. The van der Waals surface area contributed by atoms with Crippen LogP contribution in [-0.2, 0) is 43.2 Å². The molecule has 1 aromatic heterocycles. The summed E-state index contributed by atoms with van der Waals surface area (Å²) in [6, 6.07) is -7.45. The van der Waals surface area contributed by atoms with E-state index in [0.717, 1.165) is 39.0 Å². The lowest BCUT2D eigenvalue weighted by molar-refractivity contribution is -0.141. The van der Waals surface area contributed by atoms with Gasteiger partial charge >= 0.3 is 11.9 Å². The number of hydrogen-bond donors (Lipinski definition) is 8. The molecule has 6 amide bonds. The van der Waals surface area contributed by atoms with Gasteiger partial charge in [-0.1, -0.05) is 73.1 Å². The van der Waals surface area contributed by atoms with Gasteiger partial charge in [0.1, 0.15) is 35.2 Å². The molecule has 1 aromatic rings. The molecule has 0 spiro atoms. The van der Waals surface area contributed by atoms with E-state index in [9.17, 15) is 53.4 Å². The number of ketones is 1. The molecule has 0 radical (unpaired) electrons. The molecule has 0 aromatic carbocycles. The van der Waals surface area contributed by atoms with Gasteiger partial charge in [0.25, 0.3) is 0 Å². The smallest absolute Gasteiger partial charge is 0.305 e. The maximum atomic E-state index is 14.2. The number of nitrogens with zero attached hydrogens (tertiary/aromatic N) is 1. The van der Waals surface area contributed by atoms with Gasteiger partial charge in [-0.3, -0.25) is 43.2 Å². The highest BCUT2D eigenvalue weighted by Crippen LogP contribution is 2.28. The van der Waals surface area contributed by atoms with Crippen LogP contribution in [0.1, 0.15) is 124 Å². The predicted molar refractivity (Wildman–Crippen MR) is 223 cm³/mol. The first-order chi connectivity index (χ1) is 28.3. The summed E-state index contributed by atoms with van der Waals surface area (Å²) in [5.74, 6) is -8.16. The molecular weight excluding hydrogens is 799 g/mol. The summed E-state index contributed by atoms with van der Waals surface area (Å²) in [5, 5.41) is 36.5. The number of carbonyl (C=O) groups is 9. The van der Waals surface area contributed by atoms with Crippen LogP contribution in [0.15, 0.2) is 17.7 Å². The summed E-state index contributed by atoms with van der Waals surface area (Å²) in [4.78, 5) is 121. The number of thiazole rings is 1. The van der Waals surface area contributed by atoms with E-state index in [2.05, 4.69) is 36.9 Å². The Kier molecular flexibility index (Phi) is 22.2. The van der Waals surface area contributed by atoms with Crippen LogP contribution in [0.2, 0.25) is 0 Å². The Morgan fingerprint density at radius 3 is 1.87 bits per heavy atom. The highest BCUT2D eigenvalue weighted by Gasteiger charge is 2.36. The summed E-state index contributed by atoms with van der Waals surface area (Å²) in [5.41, 5.74) is 0. The zero-order valence-corrected chi connectivity index (χ0v) is 36.2. The first-order valence-electron chi connectivity index (χ1n) is 20.7. The first kappa shape index (κ1) is 50.9. The quantitative estimate of drug-likeness (QED) is 0.0624. The number of rotatable bonds is 26. The monoisotopic (exact) mass is 861 g/mol. The predicted octanol–water partition coefficient (Wildman–Crippen LogP) is 2.47. The van der Waals surface area contributed by atoms with Crippen LogP contribution in [-0.4, -0.2) is 105 Å². The molecule has 19 heteroatoms. The third kappa shape index (κ3) is 18.4. The molecule has 1 saturated carbocycles. The van der Waals surface area contributed by atoms with Crippen molar-refractivity contribution >= 4 is 70.6 Å². The van der Waals surface area contributed by atoms with Crippen LogP contribution in [0.3, 0.4) is 0 Å². The lowest BCUT2D eigenvalue weighted by atomic mass is 9.84. The topological polar surface area (TPSA) is 279 Å². The second-order valence-corrected chi connectivity index (χ2v) is 16.7. The van der Waals surface area contributed by atoms with Crippen LogP contribution in [0, 0.1) is 17.8 Å². The molecule has 1 aliphatic carbocycles. The fourth-order valence-corrected chi connectivity index (χ4v) is 7.38. The van der Waals surface area contributed by atoms with Crippen molar-refractivity contribution in [2.24, 2.45) is 17.8 Å². The molecule has 1 heterocycles. The molecule has 0 aliphatic heterocycles. The molecule has 0 saturated heterocycles. The van der Waals surface area contributed by atoms with E-state index in [1.807, 2.05) is 6.92 Å². The van der Waals surface area contributed by atoms with Gasteiger partial charge < -0.3 is 42.1 Å². The van der Waals surface area contributed by atoms with Crippen molar-refractivity contribution in [3.8, 4) is 0 Å². The highest BCUT2D eigenvalue weighted by atomic mass is 32.1. The summed E-state index contributed by atoms with van der Waals surface area (Å²) < 4.78 is 0. The van der Waals surface area contributed by atoms with Crippen molar-refractivity contribution in [1.29, 1.82) is 0 Å². The van der Waals surface area contributed by atoms with E-state index in [1.54, 1.807) is 45.3 Å². The molecule has 8 N–H and O–H groups in total. The van der Waals surface area contributed by atoms with E-state index >= 15 is 0 Å². The normalized spacial score (nSPS) is 16.6. The fourth-order valence-electron chi connectivity index (χ4n) is 6.85. The van der Waals surface area contributed by atoms with Gasteiger partial charge in [0, 0.05) is 24.9 Å². The second kappa shape index (κ2) is 26.1. The van der Waals surface area contributed by atoms with Crippen molar-refractivity contribution in [2.75, 3.05) is 0 Å². The van der Waals surface area contributed by atoms with Gasteiger partial charge in [0.05, 0.1) is 12.5 Å². The zero-order valence-electron chi connectivity index (χ0n) is 35.4. The number of aliphatic carboxylic acids is 2. The van der Waals surface area contributed by atoms with Crippen molar-refractivity contribution in [3.05, 3.63) is 22.7 Å². The van der Waals surface area contributed by atoms with Crippen LogP contribution in [0.4, 0.5) is 0 Å². The van der Waals surface area contributed by atoms with E-state index < -0.39 is 109 Å². The maximum Gasteiger partial charge on any atom is 0.305 e. The molecule has 60 heavy (non-hydrogen) atoms. The number of nitrogens with one attached hydrogen (secondary N) is 6. The summed E-state index contributed by atoms with van der Waals surface area (Å²) in [7, 11) is 0. The Hall–Kier alpha value is -5.20. The van der Waals surface area contributed by atoms with Crippen molar-refractivity contribution < 1.29 is 53.4 Å². The van der Waals surface area contributed by atoms with Gasteiger partial charge in [-0.2, -0.15) is 0 Å². The van der Waals surface area contributed by atoms with E-state index in [0.29, 0.717) is 24.3 Å². The lowest BCUT2D eigenvalue weighted by Gasteiger charge is -2.31. The van der Waals surface area contributed by atoms with E-state index in [4.69, 9.17) is 0 Å². The van der Waals surface area contributed by atoms with Gasteiger partial charge in [-0.15, -0.1) is 11.3 Å². The molecule has 1 fully saturated rings. The van der Waals surface area contributed by atoms with Crippen molar-refractivity contribution in [2.45, 2.75) is 155 Å². The minimum atomic E-state index is -1.58. The fraction of sp³-hybridized carbons (Fsp3) is 0.659. The number of amides is 6. The Balaban J connectivity index is 2.35. The maximum absolute atomic E-state index is 14.2.